The minimum atomic E-state index is 0.148. The molecule has 0 spiro atoms. The van der Waals surface area contributed by atoms with E-state index in [0.29, 0.717) is 19.5 Å². The van der Waals surface area contributed by atoms with Crippen molar-refractivity contribution in [3.8, 4) is 0 Å². The van der Waals surface area contributed by atoms with Crippen LogP contribution in [0.15, 0.2) is 0 Å². The summed E-state index contributed by atoms with van der Waals surface area (Å²) in [5, 5.41) is 0. The van der Waals surface area contributed by atoms with Crippen LogP contribution in [0.1, 0.15) is 39.0 Å². The first-order valence-corrected chi connectivity index (χ1v) is 6.37. The maximum absolute atomic E-state index is 12.0. The lowest BCUT2D eigenvalue weighted by Crippen LogP contribution is -2.37. The van der Waals surface area contributed by atoms with Crippen LogP contribution in [0.5, 0.6) is 0 Å². The highest BCUT2D eigenvalue weighted by atomic mass is 16.5. The third-order valence-electron chi connectivity index (χ3n) is 2.96. The van der Waals surface area contributed by atoms with Gasteiger partial charge in [0.15, 0.2) is 0 Å². The highest BCUT2D eigenvalue weighted by Crippen LogP contribution is 2.16. The molecular formula is C12H24N2O2. The van der Waals surface area contributed by atoms with Crippen LogP contribution in [0.3, 0.4) is 0 Å². The van der Waals surface area contributed by atoms with E-state index in [1.807, 2.05) is 4.90 Å². The van der Waals surface area contributed by atoms with Gasteiger partial charge in [-0.05, 0) is 19.3 Å². The zero-order valence-corrected chi connectivity index (χ0v) is 10.3. The molecule has 0 aliphatic carbocycles. The van der Waals surface area contributed by atoms with E-state index in [-0.39, 0.29) is 12.0 Å². The van der Waals surface area contributed by atoms with Crippen molar-refractivity contribution in [3.05, 3.63) is 0 Å². The molecule has 1 aliphatic rings. The molecular weight excluding hydrogens is 204 g/mol. The molecule has 0 bridgehead atoms. The molecule has 1 amide bonds. The summed E-state index contributed by atoms with van der Waals surface area (Å²) < 4.78 is 5.48. The van der Waals surface area contributed by atoms with Crippen LogP contribution >= 0.6 is 0 Å². The van der Waals surface area contributed by atoms with Crippen LogP contribution in [0, 0.1) is 0 Å². The van der Waals surface area contributed by atoms with Crippen LogP contribution < -0.4 is 5.73 Å². The highest BCUT2D eigenvalue weighted by Gasteiger charge is 2.22. The number of ether oxygens (including phenoxy) is 1. The second-order valence-electron chi connectivity index (χ2n) is 4.36. The number of hydrogen-bond donors (Lipinski definition) is 1. The molecule has 0 radical (unpaired) electrons. The summed E-state index contributed by atoms with van der Waals surface area (Å²) in [6, 6.07) is 0. The van der Waals surface area contributed by atoms with Gasteiger partial charge in [0.25, 0.3) is 0 Å². The SMILES string of the molecule is CCCCN(CCN)C(=O)CC1CCCO1. The lowest BCUT2D eigenvalue weighted by Gasteiger charge is -2.23. The van der Waals surface area contributed by atoms with Gasteiger partial charge in [0.1, 0.15) is 0 Å². The molecule has 0 saturated carbocycles. The van der Waals surface area contributed by atoms with Crippen molar-refractivity contribution in [1.29, 1.82) is 0 Å². The lowest BCUT2D eigenvalue weighted by molar-refractivity contribution is -0.133. The number of nitrogens with two attached hydrogens (primary N) is 1. The second kappa shape index (κ2) is 7.63. The molecule has 94 valence electrons. The monoisotopic (exact) mass is 228 g/mol. The zero-order chi connectivity index (χ0) is 11.8. The number of carbonyl (C=O) groups is 1. The van der Waals surface area contributed by atoms with Crippen molar-refractivity contribution in [1.82, 2.24) is 4.90 Å². The molecule has 0 aromatic rings. The number of unbranched alkanes of at least 4 members (excludes halogenated alkanes) is 1. The first-order valence-electron chi connectivity index (χ1n) is 6.37. The minimum Gasteiger partial charge on any atom is -0.378 e. The van der Waals surface area contributed by atoms with Gasteiger partial charge in [-0.15, -0.1) is 0 Å². The summed E-state index contributed by atoms with van der Waals surface area (Å²) in [5.74, 6) is 0.200. The predicted octanol–water partition coefficient (Wildman–Crippen LogP) is 1.14. The maximum atomic E-state index is 12.0. The first kappa shape index (κ1) is 13.5. The van der Waals surface area contributed by atoms with Gasteiger partial charge in [0, 0.05) is 26.2 Å². The van der Waals surface area contributed by atoms with Crippen molar-refractivity contribution in [3.63, 3.8) is 0 Å². The molecule has 1 rings (SSSR count). The molecule has 1 heterocycles. The van der Waals surface area contributed by atoms with Crippen LogP contribution in [0.4, 0.5) is 0 Å². The number of carbonyl (C=O) groups excluding carboxylic acids is 1. The number of rotatable bonds is 7. The molecule has 1 atom stereocenters. The third kappa shape index (κ3) is 4.49. The normalized spacial score (nSPS) is 20.0. The fourth-order valence-corrected chi connectivity index (χ4v) is 2.00. The Kier molecular flexibility index (Phi) is 6.42. The average Bonchev–Trinajstić information content (AvgIpc) is 2.76. The molecule has 0 aromatic heterocycles. The molecule has 2 N–H and O–H groups in total. The first-order chi connectivity index (χ1) is 7.77. The second-order valence-corrected chi connectivity index (χ2v) is 4.36. The van der Waals surface area contributed by atoms with E-state index in [1.54, 1.807) is 0 Å². The molecule has 4 heteroatoms. The Hall–Kier alpha value is -0.610. The van der Waals surface area contributed by atoms with Crippen LogP contribution in [0.2, 0.25) is 0 Å². The minimum absolute atomic E-state index is 0.148. The van der Waals surface area contributed by atoms with Crippen LogP contribution in [0.25, 0.3) is 0 Å². The van der Waals surface area contributed by atoms with Crippen LogP contribution in [-0.2, 0) is 9.53 Å². The van der Waals surface area contributed by atoms with Crippen molar-refractivity contribution in [2.45, 2.75) is 45.1 Å². The quantitative estimate of drug-likeness (QED) is 0.711. The predicted molar refractivity (Wildman–Crippen MR) is 64.1 cm³/mol. The molecule has 1 unspecified atom stereocenters. The van der Waals surface area contributed by atoms with E-state index in [1.165, 1.54) is 0 Å². The van der Waals surface area contributed by atoms with Gasteiger partial charge in [-0.25, -0.2) is 0 Å². The molecule has 0 aromatic carbocycles. The smallest absolute Gasteiger partial charge is 0.225 e. The Morgan fingerprint density at radius 3 is 2.88 bits per heavy atom. The zero-order valence-electron chi connectivity index (χ0n) is 10.3. The summed E-state index contributed by atoms with van der Waals surface area (Å²) in [7, 11) is 0. The number of hydrogen-bond acceptors (Lipinski definition) is 3. The van der Waals surface area contributed by atoms with Crippen molar-refractivity contribution >= 4 is 5.91 Å². The van der Waals surface area contributed by atoms with E-state index >= 15 is 0 Å². The highest BCUT2D eigenvalue weighted by molar-refractivity contribution is 5.76. The number of nitrogens with zero attached hydrogens (tertiary/aromatic N) is 1. The largest absolute Gasteiger partial charge is 0.378 e. The Morgan fingerprint density at radius 1 is 1.50 bits per heavy atom. The maximum Gasteiger partial charge on any atom is 0.225 e. The Bertz CT molecular complexity index is 203. The van der Waals surface area contributed by atoms with E-state index in [9.17, 15) is 4.79 Å². The Labute approximate surface area is 98.1 Å². The van der Waals surface area contributed by atoms with Gasteiger partial charge in [-0.1, -0.05) is 13.3 Å². The fourth-order valence-electron chi connectivity index (χ4n) is 2.00. The van der Waals surface area contributed by atoms with Gasteiger partial charge in [0.2, 0.25) is 5.91 Å². The number of amides is 1. The van der Waals surface area contributed by atoms with Gasteiger partial charge in [-0.3, -0.25) is 4.79 Å². The van der Waals surface area contributed by atoms with Crippen LogP contribution in [-0.4, -0.2) is 43.2 Å². The molecule has 1 aliphatic heterocycles. The lowest BCUT2D eigenvalue weighted by atomic mass is 10.1. The van der Waals surface area contributed by atoms with E-state index in [4.69, 9.17) is 10.5 Å². The third-order valence-corrected chi connectivity index (χ3v) is 2.96. The topological polar surface area (TPSA) is 55.6 Å². The van der Waals surface area contributed by atoms with E-state index < -0.39 is 0 Å². The Balaban J connectivity index is 2.32. The summed E-state index contributed by atoms with van der Waals surface area (Å²) in [6.45, 7) is 4.99. The standard InChI is InChI=1S/C12H24N2O2/c1-2-3-7-14(8-6-13)12(15)10-11-5-4-9-16-11/h11H,2-10,13H2,1H3. The van der Waals surface area contributed by atoms with E-state index in [2.05, 4.69) is 6.92 Å². The molecule has 4 nitrogen and oxygen atoms in total. The Morgan fingerprint density at radius 2 is 2.31 bits per heavy atom. The van der Waals surface area contributed by atoms with Gasteiger partial charge in [-0.2, -0.15) is 0 Å². The summed E-state index contributed by atoms with van der Waals surface area (Å²) >= 11 is 0. The average molecular weight is 228 g/mol. The van der Waals surface area contributed by atoms with Crippen molar-refractivity contribution in [2.75, 3.05) is 26.2 Å². The molecule has 1 saturated heterocycles. The van der Waals surface area contributed by atoms with Crippen molar-refractivity contribution < 1.29 is 9.53 Å². The van der Waals surface area contributed by atoms with Crippen molar-refractivity contribution in [2.24, 2.45) is 5.73 Å². The summed E-state index contributed by atoms with van der Waals surface area (Å²) in [4.78, 5) is 13.9. The van der Waals surface area contributed by atoms with Gasteiger partial charge >= 0.3 is 0 Å². The summed E-state index contributed by atoms with van der Waals surface area (Å²) in [5.41, 5.74) is 5.52. The summed E-state index contributed by atoms with van der Waals surface area (Å²) in [6.07, 6.45) is 4.95. The van der Waals surface area contributed by atoms with E-state index in [0.717, 1.165) is 38.8 Å². The van der Waals surface area contributed by atoms with Gasteiger partial charge < -0.3 is 15.4 Å². The fraction of sp³-hybridized carbons (Fsp3) is 0.917. The molecule has 1 fully saturated rings. The van der Waals surface area contributed by atoms with Gasteiger partial charge in [0.05, 0.1) is 12.5 Å². The molecule has 16 heavy (non-hydrogen) atoms.